The van der Waals surface area contributed by atoms with Crippen molar-refractivity contribution in [2.24, 2.45) is 11.8 Å². The van der Waals surface area contributed by atoms with Gasteiger partial charge in [0.2, 0.25) is 5.95 Å². The Kier molecular flexibility index (Phi) is 5.44. The lowest BCUT2D eigenvalue weighted by atomic mass is 9.92. The minimum absolute atomic E-state index is 0.105. The minimum atomic E-state index is 0.105. The molecule has 1 aromatic carbocycles. The number of piperidine rings is 1. The number of hydrogen-bond acceptors (Lipinski definition) is 8. The quantitative estimate of drug-likeness (QED) is 0.572. The van der Waals surface area contributed by atoms with Gasteiger partial charge in [-0.3, -0.25) is 0 Å². The fraction of sp³-hybridized carbons (Fsp3) is 0.545. The molecule has 0 spiro atoms. The van der Waals surface area contributed by atoms with Gasteiger partial charge in [-0.05, 0) is 70.1 Å². The Morgan fingerprint density at radius 2 is 1.91 bits per heavy atom. The summed E-state index contributed by atoms with van der Waals surface area (Å²) in [6.45, 7) is 9.68. The van der Waals surface area contributed by atoms with Crippen molar-refractivity contribution in [2.75, 3.05) is 23.3 Å². The van der Waals surface area contributed by atoms with Crippen molar-refractivity contribution < 1.29 is 9.26 Å². The number of nitrogens with zero attached hydrogens (tertiary/aromatic N) is 6. The van der Waals surface area contributed by atoms with Gasteiger partial charge in [0.1, 0.15) is 5.75 Å². The summed E-state index contributed by atoms with van der Waals surface area (Å²) in [5.74, 6) is 2.83. The van der Waals surface area contributed by atoms with Gasteiger partial charge in [0, 0.05) is 24.2 Å². The van der Waals surface area contributed by atoms with Crippen molar-refractivity contribution >= 4 is 23.6 Å². The van der Waals surface area contributed by atoms with E-state index in [1.54, 1.807) is 10.7 Å². The summed E-state index contributed by atoms with van der Waals surface area (Å²) in [7, 11) is 0. The van der Waals surface area contributed by atoms with Gasteiger partial charge in [-0.15, -0.1) is 5.10 Å². The predicted octanol–water partition coefficient (Wildman–Crippen LogP) is 4.63. The second kappa shape index (κ2) is 8.27. The van der Waals surface area contributed by atoms with Gasteiger partial charge in [-0.25, -0.2) is 4.68 Å². The van der Waals surface area contributed by atoms with E-state index in [9.17, 15) is 0 Å². The largest absolute Gasteiger partial charge is 0.424 e. The number of aromatic nitrogens is 5. The zero-order valence-corrected chi connectivity index (χ0v) is 19.5. The number of rotatable bonds is 6. The van der Waals surface area contributed by atoms with Gasteiger partial charge in [-0.2, -0.15) is 9.97 Å². The second-order valence-corrected chi connectivity index (χ2v) is 9.47. The van der Waals surface area contributed by atoms with E-state index in [4.69, 9.17) is 26.0 Å². The molecule has 10 heteroatoms. The summed E-state index contributed by atoms with van der Waals surface area (Å²) in [6, 6.07) is 7.11. The first-order chi connectivity index (χ1) is 15.4. The number of aryl methyl sites for hydroxylation is 2. The fourth-order valence-electron chi connectivity index (χ4n) is 4.70. The summed E-state index contributed by atoms with van der Waals surface area (Å²) in [4.78, 5) is 11.3. The van der Waals surface area contributed by atoms with Gasteiger partial charge in [0.15, 0.2) is 5.82 Å². The summed E-state index contributed by atoms with van der Waals surface area (Å²) >= 11 is 6.26. The first-order valence-electron chi connectivity index (χ1n) is 11.1. The van der Waals surface area contributed by atoms with Crippen LogP contribution in [0.1, 0.15) is 44.1 Å². The maximum Gasteiger partial charge on any atom is 0.324 e. The van der Waals surface area contributed by atoms with E-state index in [0.29, 0.717) is 52.4 Å². The van der Waals surface area contributed by atoms with Crippen LogP contribution >= 0.6 is 11.6 Å². The first kappa shape index (κ1) is 21.1. The molecule has 0 amide bonds. The first-order valence-corrected chi connectivity index (χ1v) is 11.5. The number of ether oxygens (including phenoxy) is 1. The number of anilines is 2. The van der Waals surface area contributed by atoms with E-state index in [1.165, 1.54) is 0 Å². The van der Waals surface area contributed by atoms with E-state index in [0.717, 1.165) is 31.5 Å². The zero-order chi connectivity index (χ0) is 22.4. The maximum absolute atomic E-state index is 6.26. The van der Waals surface area contributed by atoms with E-state index in [2.05, 4.69) is 39.2 Å². The molecule has 9 nitrogen and oxygen atoms in total. The zero-order valence-electron chi connectivity index (χ0n) is 18.7. The molecule has 1 saturated carbocycles. The smallest absolute Gasteiger partial charge is 0.324 e. The van der Waals surface area contributed by atoms with Crippen LogP contribution in [0.25, 0.3) is 0 Å². The summed E-state index contributed by atoms with van der Waals surface area (Å²) in [6.07, 6.45) is 2.31. The Hall–Kier alpha value is -2.81. The minimum Gasteiger partial charge on any atom is -0.424 e. The SMILES string of the molecule is Cc1noc(N2CC3CCC(C2)C3Nc2nc(Oc3ccc(C)c(Cl)c3)n(C(C)C)n2)n1. The van der Waals surface area contributed by atoms with E-state index in [-0.39, 0.29) is 6.04 Å². The molecule has 1 aliphatic heterocycles. The molecule has 1 aliphatic carbocycles. The Morgan fingerprint density at radius 1 is 1.16 bits per heavy atom. The van der Waals surface area contributed by atoms with Gasteiger partial charge in [0.05, 0.1) is 6.04 Å². The van der Waals surface area contributed by atoms with E-state index >= 15 is 0 Å². The molecule has 2 aromatic heterocycles. The number of fused-ring (bicyclic) bond motifs is 2. The molecule has 2 bridgehead atoms. The van der Waals surface area contributed by atoms with Crippen molar-refractivity contribution in [1.29, 1.82) is 0 Å². The molecule has 1 N–H and O–H groups in total. The van der Waals surface area contributed by atoms with Crippen LogP contribution in [-0.2, 0) is 0 Å². The Bertz CT molecular complexity index is 1100. The molecule has 2 unspecified atom stereocenters. The molecule has 1 saturated heterocycles. The third-order valence-electron chi connectivity index (χ3n) is 6.36. The standard InChI is InChI=1S/C22H28ClN7O2/c1-12(2)30-22(31-17-8-5-13(3)18(23)9-17)26-20(27-30)25-19-15-6-7-16(19)11-29(10-15)21-24-14(4)28-32-21/h5,8-9,12,15-16,19H,6-7,10-11H2,1-4H3,(H,25,27). The normalized spacial score (nSPS) is 22.6. The molecule has 170 valence electrons. The highest BCUT2D eigenvalue weighted by atomic mass is 35.5. The number of nitrogens with one attached hydrogen (secondary N) is 1. The molecule has 3 aromatic rings. The Labute approximate surface area is 192 Å². The van der Waals surface area contributed by atoms with Crippen LogP contribution in [0, 0.1) is 25.7 Å². The molecular weight excluding hydrogens is 430 g/mol. The highest BCUT2D eigenvalue weighted by Crippen LogP contribution is 2.40. The highest BCUT2D eigenvalue weighted by molar-refractivity contribution is 6.31. The van der Waals surface area contributed by atoms with Crippen LogP contribution in [0.3, 0.4) is 0 Å². The van der Waals surface area contributed by atoms with E-state index in [1.807, 2.05) is 26.0 Å². The third-order valence-corrected chi connectivity index (χ3v) is 6.77. The molecule has 0 radical (unpaired) electrons. The molecule has 2 fully saturated rings. The Morgan fingerprint density at radius 3 is 2.53 bits per heavy atom. The lowest BCUT2D eigenvalue weighted by Gasteiger charge is -2.37. The molecular formula is C22H28ClN7O2. The lowest BCUT2D eigenvalue weighted by molar-refractivity contribution is 0.340. The third kappa shape index (κ3) is 4.01. The summed E-state index contributed by atoms with van der Waals surface area (Å²) in [5, 5.41) is 12.9. The van der Waals surface area contributed by atoms with Crippen LogP contribution in [0.4, 0.5) is 12.0 Å². The van der Waals surface area contributed by atoms with Crippen LogP contribution in [-0.4, -0.2) is 44.0 Å². The average molecular weight is 458 g/mol. The van der Waals surface area contributed by atoms with Gasteiger partial charge in [0.25, 0.3) is 0 Å². The van der Waals surface area contributed by atoms with Gasteiger partial charge < -0.3 is 19.5 Å². The molecule has 32 heavy (non-hydrogen) atoms. The molecule has 2 atom stereocenters. The molecule has 3 heterocycles. The van der Waals surface area contributed by atoms with E-state index < -0.39 is 0 Å². The summed E-state index contributed by atoms with van der Waals surface area (Å²) in [5.41, 5.74) is 1.00. The van der Waals surface area contributed by atoms with Crippen LogP contribution in [0.2, 0.25) is 5.02 Å². The maximum atomic E-state index is 6.26. The number of benzene rings is 1. The lowest BCUT2D eigenvalue weighted by Crippen LogP contribution is -2.48. The molecule has 5 rings (SSSR count). The van der Waals surface area contributed by atoms with Crippen molar-refractivity contribution in [2.45, 2.75) is 52.6 Å². The van der Waals surface area contributed by atoms with Gasteiger partial charge in [-0.1, -0.05) is 22.8 Å². The average Bonchev–Trinajstić information content (AvgIpc) is 3.41. The number of hydrogen-bond donors (Lipinski definition) is 1. The van der Waals surface area contributed by atoms with Crippen molar-refractivity contribution in [3.05, 3.63) is 34.6 Å². The van der Waals surface area contributed by atoms with Crippen molar-refractivity contribution in [1.82, 2.24) is 24.9 Å². The second-order valence-electron chi connectivity index (χ2n) is 9.07. The topological polar surface area (TPSA) is 94.1 Å². The number of halogens is 1. The fourth-order valence-corrected chi connectivity index (χ4v) is 4.87. The molecule has 2 aliphatic rings. The van der Waals surface area contributed by atoms with Gasteiger partial charge >= 0.3 is 12.0 Å². The monoisotopic (exact) mass is 457 g/mol. The highest BCUT2D eigenvalue weighted by Gasteiger charge is 2.43. The Balaban J connectivity index is 1.32. The predicted molar refractivity (Wildman–Crippen MR) is 122 cm³/mol. The van der Waals surface area contributed by atoms with Crippen LogP contribution in [0.5, 0.6) is 11.8 Å². The van der Waals surface area contributed by atoms with Crippen LogP contribution < -0.4 is 15.0 Å². The summed E-state index contributed by atoms with van der Waals surface area (Å²) < 4.78 is 13.2. The van der Waals surface area contributed by atoms with Crippen molar-refractivity contribution in [3.8, 4) is 11.8 Å². The van der Waals surface area contributed by atoms with Crippen molar-refractivity contribution in [3.63, 3.8) is 0 Å². The van der Waals surface area contributed by atoms with Crippen LogP contribution in [0.15, 0.2) is 22.7 Å².